The molecular weight excluding hydrogens is 422 g/mol. The second-order valence-electron chi connectivity index (χ2n) is 5.52. The van der Waals surface area contributed by atoms with Crippen molar-refractivity contribution in [2.45, 2.75) is 6.42 Å². The topological polar surface area (TPSA) is 41.2 Å². The molecule has 0 radical (unpaired) electrons. The van der Waals surface area contributed by atoms with Gasteiger partial charge in [0.1, 0.15) is 11.2 Å². The first-order chi connectivity index (χ1) is 11.2. The van der Waals surface area contributed by atoms with Crippen LogP contribution in [0.1, 0.15) is 5.56 Å². The number of hydrogen-bond acceptors (Lipinski definition) is 3. The maximum atomic E-state index is 5.77. The van der Waals surface area contributed by atoms with Crippen LogP contribution in [0.4, 0.5) is 5.82 Å². The van der Waals surface area contributed by atoms with Crippen LogP contribution in [0.25, 0.3) is 10.9 Å². The number of ether oxygens (including phenoxy) is 1. The van der Waals surface area contributed by atoms with Gasteiger partial charge in [-0.05, 0) is 56.0 Å². The highest BCUT2D eigenvalue weighted by Gasteiger charge is 2.22. The summed E-state index contributed by atoms with van der Waals surface area (Å²) in [6, 6.07) is 10.3. The number of nitrogens with one attached hydrogen (secondary N) is 1. The van der Waals surface area contributed by atoms with Crippen LogP contribution in [0.5, 0.6) is 5.75 Å². The minimum absolute atomic E-state index is 0.683. The molecule has 0 amide bonds. The van der Waals surface area contributed by atoms with Gasteiger partial charge in [0.2, 0.25) is 0 Å². The minimum Gasteiger partial charge on any atom is -0.487 e. The van der Waals surface area contributed by atoms with E-state index >= 15 is 0 Å². The number of nitrogens with zero attached hydrogens (tertiary/aromatic N) is 2. The van der Waals surface area contributed by atoms with Crippen LogP contribution in [0, 0.1) is 0 Å². The average molecular weight is 437 g/mol. The van der Waals surface area contributed by atoms with Crippen molar-refractivity contribution in [2.75, 3.05) is 24.6 Å². The van der Waals surface area contributed by atoms with E-state index in [1.54, 1.807) is 0 Å². The van der Waals surface area contributed by atoms with E-state index in [9.17, 15) is 0 Å². The standard InChI is InChI=1S/C17H15Br2N3O/c18-13-9-15(19)21-17-16(13)23-8-7-22(17)6-5-11-10-20-14-4-2-1-3-12(11)14/h1-4,9-10,20H,5-8H2. The van der Waals surface area contributed by atoms with E-state index in [-0.39, 0.29) is 0 Å². The Morgan fingerprint density at radius 2 is 2.13 bits per heavy atom. The summed E-state index contributed by atoms with van der Waals surface area (Å²) in [7, 11) is 0. The van der Waals surface area contributed by atoms with Gasteiger partial charge in [0, 0.05) is 23.6 Å². The molecule has 0 atom stereocenters. The molecule has 2 aromatic heterocycles. The zero-order valence-electron chi connectivity index (χ0n) is 12.4. The van der Waals surface area contributed by atoms with E-state index in [0.29, 0.717) is 6.61 Å². The van der Waals surface area contributed by atoms with Crippen molar-refractivity contribution in [2.24, 2.45) is 0 Å². The van der Waals surface area contributed by atoms with Crippen LogP contribution in [-0.4, -0.2) is 29.7 Å². The van der Waals surface area contributed by atoms with E-state index < -0.39 is 0 Å². The van der Waals surface area contributed by atoms with Crippen molar-refractivity contribution >= 4 is 48.6 Å². The Morgan fingerprint density at radius 3 is 3.04 bits per heavy atom. The Kier molecular flexibility index (Phi) is 4.03. The summed E-state index contributed by atoms with van der Waals surface area (Å²) in [6.45, 7) is 2.45. The molecule has 4 nitrogen and oxygen atoms in total. The van der Waals surface area contributed by atoms with Crippen LogP contribution >= 0.6 is 31.9 Å². The van der Waals surface area contributed by atoms with Crippen LogP contribution in [-0.2, 0) is 6.42 Å². The smallest absolute Gasteiger partial charge is 0.176 e. The highest BCUT2D eigenvalue weighted by atomic mass is 79.9. The largest absolute Gasteiger partial charge is 0.487 e. The number of aromatic amines is 1. The predicted octanol–water partition coefficient (Wildman–Crippen LogP) is 4.53. The van der Waals surface area contributed by atoms with Gasteiger partial charge in [0.25, 0.3) is 0 Å². The fraction of sp³-hybridized carbons (Fsp3) is 0.235. The summed E-state index contributed by atoms with van der Waals surface area (Å²) in [5, 5.41) is 1.30. The molecule has 6 heteroatoms. The quantitative estimate of drug-likeness (QED) is 0.613. The maximum Gasteiger partial charge on any atom is 0.176 e. The molecule has 3 heterocycles. The number of rotatable bonds is 3. The molecule has 0 bridgehead atoms. The van der Waals surface area contributed by atoms with Crippen molar-refractivity contribution < 1.29 is 4.74 Å². The molecule has 23 heavy (non-hydrogen) atoms. The Labute approximate surface area is 151 Å². The number of para-hydroxylation sites is 1. The van der Waals surface area contributed by atoms with E-state index in [2.05, 4.69) is 77.2 Å². The lowest BCUT2D eigenvalue weighted by Gasteiger charge is -2.30. The van der Waals surface area contributed by atoms with E-state index in [4.69, 9.17) is 4.74 Å². The van der Waals surface area contributed by atoms with Gasteiger partial charge in [0.15, 0.2) is 11.6 Å². The normalized spacial score (nSPS) is 13.9. The predicted molar refractivity (Wildman–Crippen MR) is 99.3 cm³/mol. The monoisotopic (exact) mass is 435 g/mol. The molecule has 4 rings (SSSR count). The molecule has 0 saturated heterocycles. The van der Waals surface area contributed by atoms with Crippen molar-refractivity contribution in [3.63, 3.8) is 0 Å². The summed E-state index contributed by atoms with van der Waals surface area (Å²) in [5.74, 6) is 1.73. The van der Waals surface area contributed by atoms with Gasteiger partial charge in [-0.1, -0.05) is 18.2 Å². The number of anilines is 1. The van der Waals surface area contributed by atoms with E-state index in [1.807, 2.05) is 6.07 Å². The molecule has 0 saturated carbocycles. The van der Waals surface area contributed by atoms with E-state index in [0.717, 1.165) is 40.2 Å². The summed E-state index contributed by atoms with van der Waals surface area (Å²) in [5.41, 5.74) is 2.52. The van der Waals surface area contributed by atoms with Crippen LogP contribution in [0.15, 0.2) is 45.6 Å². The Hall–Kier alpha value is -1.53. The van der Waals surface area contributed by atoms with Crippen molar-refractivity contribution in [1.82, 2.24) is 9.97 Å². The molecular formula is C17H15Br2N3O. The molecule has 1 aromatic carbocycles. The number of hydrogen-bond donors (Lipinski definition) is 1. The molecule has 118 valence electrons. The van der Waals surface area contributed by atoms with Gasteiger partial charge >= 0.3 is 0 Å². The molecule has 0 fully saturated rings. The number of aromatic nitrogens is 2. The summed E-state index contributed by atoms with van der Waals surface area (Å²) in [4.78, 5) is 10.2. The van der Waals surface area contributed by atoms with Gasteiger partial charge in [-0.15, -0.1) is 0 Å². The zero-order chi connectivity index (χ0) is 15.8. The minimum atomic E-state index is 0.683. The molecule has 0 spiro atoms. The number of H-pyrrole nitrogens is 1. The molecule has 0 aliphatic carbocycles. The fourth-order valence-electron chi connectivity index (χ4n) is 2.98. The summed E-state index contributed by atoms with van der Waals surface area (Å²) >= 11 is 7.02. The molecule has 1 N–H and O–H groups in total. The lowest BCUT2D eigenvalue weighted by Crippen LogP contribution is -2.35. The summed E-state index contributed by atoms with van der Waals surface area (Å²) in [6.07, 6.45) is 3.07. The third-order valence-corrected chi connectivity index (χ3v) is 5.11. The maximum absolute atomic E-state index is 5.77. The molecule has 1 aliphatic rings. The van der Waals surface area contributed by atoms with Gasteiger partial charge in [-0.25, -0.2) is 4.98 Å². The van der Waals surface area contributed by atoms with Crippen molar-refractivity contribution in [3.8, 4) is 5.75 Å². The van der Waals surface area contributed by atoms with Gasteiger partial charge in [-0.2, -0.15) is 0 Å². The van der Waals surface area contributed by atoms with Gasteiger partial charge in [0.05, 0.1) is 11.0 Å². The first-order valence-electron chi connectivity index (χ1n) is 7.51. The zero-order valence-corrected chi connectivity index (χ0v) is 15.5. The second kappa shape index (κ2) is 6.17. The Morgan fingerprint density at radius 1 is 1.26 bits per heavy atom. The number of pyridine rings is 1. The highest BCUT2D eigenvalue weighted by Crippen LogP contribution is 2.38. The lowest BCUT2D eigenvalue weighted by atomic mass is 10.1. The third kappa shape index (κ3) is 2.85. The van der Waals surface area contributed by atoms with Gasteiger partial charge < -0.3 is 14.6 Å². The first kappa shape index (κ1) is 15.0. The van der Waals surface area contributed by atoms with Crippen LogP contribution < -0.4 is 9.64 Å². The molecule has 0 unspecified atom stereocenters. The fourth-order valence-corrected chi connectivity index (χ4v) is 4.20. The highest BCUT2D eigenvalue weighted by molar-refractivity contribution is 9.11. The summed E-state index contributed by atoms with van der Waals surface area (Å²) < 4.78 is 7.52. The Balaban J connectivity index is 1.59. The number of benzene rings is 1. The number of fused-ring (bicyclic) bond motifs is 2. The first-order valence-corrected chi connectivity index (χ1v) is 9.10. The van der Waals surface area contributed by atoms with Crippen LogP contribution in [0.3, 0.4) is 0 Å². The molecule has 1 aliphatic heterocycles. The number of halogens is 2. The molecule has 3 aromatic rings. The van der Waals surface area contributed by atoms with Crippen molar-refractivity contribution in [3.05, 3.63) is 51.2 Å². The van der Waals surface area contributed by atoms with Crippen molar-refractivity contribution in [1.29, 1.82) is 0 Å². The lowest BCUT2D eigenvalue weighted by molar-refractivity contribution is 0.303. The SMILES string of the molecule is Brc1cc(Br)c2c(n1)N(CCc1c[nH]c3ccccc13)CCO2. The van der Waals surface area contributed by atoms with Crippen LogP contribution in [0.2, 0.25) is 0 Å². The second-order valence-corrected chi connectivity index (χ2v) is 7.19. The third-order valence-electron chi connectivity index (χ3n) is 4.11. The Bertz CT molecular complexity index is 862. The van der Waals surface area contributed by atoms with Gasteiger partial charge in [-0.3, -0.25) is 0 Å². The average Bonchev–Trinajstić information content (AvgIpc) is 2.96. The van der Waals surface area contributed by atoms with E-state index in [1.165, 1.54) is 16.5 Å².